The molecular weight excluding hydrogens is 363 g/mol. The number of benzene rings is 1. The predicted molar refractivity (Wildman–Crippen MR) is 109 cm³/mol. The van der Waals surface area contributed by atoms with Gasteiger partial charge in [0.25, 0.3) is 5.91 Å². The number of unbranched alkanes of at least 4 members (excludes halogenated alkanes) is 2. The van der Waals surface area contributed by atoms with Gasteiger partial charge in [0.15, 0.2) is 0 Å². The van der Waals surface area contributed by atoms with Crippen LogP contribution in [0.1, 0.15) is 67.7 Å². The summed E-state index contributed by atoms with van der Waals surface area (Å²) < 4.78 is 13.0. The third-order valence-electron chi connectivity index (χ3n) is 4.48. The molecule has 0 unspecified atom stereocenters. The summed E-state index contributed by atoms with van der Waals surface area (Å²) in [6.07, 6.45) is 5.87. The van der Waals surface area contributed by atoms with Gasteiger partial charge in [-0.15, -0.1) is 10.2 Å². The Bertz CT molecular complexity index is 704. The lowest BCUT2D eigenvalue weighted by Gasteiger charge is -2.28. The van der Waals surface area contributed by atoms with E-state index in [0.717, 1.165) is 24.4 Å². The summed E-state index contributed by atoms with van der Waals surface area (Å²) in [5, 5.41) is 12.1. The molecule has 7 heteroatoms. The monoisotopic (exact) mass is 392 g/mol. The molecular formula is C20H29FN4OS. The minimum absolute atomic E-state index is 0.315. The first-order valence-electron chi connectivity index (χ1n) is 9.66. The number of nitrogens with one attached hydrogen (secondary N) is 1. The normalized spacial score (nSPS) is 12.3. The van der Waals surface area contributed by atoms with E-state index in [-0.39, 0.29) is 11.7 Å². The summed E-state index contributed by atoms with van der Waals surface area (Å²) in [7, 11) is 0. The summed E-state index contributed by atoms with van der Waals surface area (Å²) in [4.78, 5) is 14.8. The Morgan fingerprint density at radius 1 is 1.19 bits per heavy atom. The zero-order valence-corrected chi connectivity index (χ0v) is 17.2. The molecule has 0 radical (unpaired) electrons. The molecule has 0 fully saturated rings. The summed E-state index contributed by atoms with van der Waals surface area (Å²) in [5.74, 6) is -0.653. The van der Waals surface area contributed by atoms with E-state index in [0.29, 0.717) is 23.3 Å². The number of halogens is 1. The Balaban J connectivity index is 1.98. The second-order valence-electron chi connectivity index (χ2n) is 6.78. The first-order valence-corrected chi connectivity index (χ1v) is 10.5. The molecule has 2 aromatic rings. The van der Waals surface area contributed by atoms with Crippen molar-refractivity contribution in [1.29, 1.82) is 0 Å². The standard InChI is InChI=1S/C20H29FN4OS/c1-4-6-7-13-25(15(3)8-5-2)14-18-23-24-20(27-18)19(26)22-17-11-9-16(21)10-12-17/h9-12,15H,4-8,13-14H2,1-3H3,(H,22,26)/t15-/m1/s1. The number of amides is 1. The summed E-state index contributed by atoms with van der Waals surface area (Å²) >= 11 is 1.32. The highest BCUT2D eigenvalue weighted by Gasteiger charge is 2.18. The molecule has 0 aliphatic rings. The number of anilines is 1. The first kappa shape index (κ1) is 21.4. The average Bonchev–Trinajstić information content (AvgIpc) is 3.12. The highest BCUT2D eigenvalue weighted by Crippen LogP contribution is 2.18. The number of hydrogen-bond acceptors (Lipinski definition) is 5. The fraction of sp³-hybridized carbons (Fsp3) is 0.550. The smallest absolute Gasteiger partial charge is 0.286 e. The maximum Gasteiger partial charge on any atom is 0.286 e. The third-order valence-corrected chi connectivity index (χ3v) is 5.39. The zero-order valence-electron chi connectivity index (χ0n) is 16.4. The van der Waals surface area contributed by atoms with Gasteiger partial charge in [-0.1, -0.05) is 44.4 Å². The van der Waals surface area contributed by atoms with Gasteiger partial charge >= 0.3 is 0 Å². The van der Waals surface area contributed by atoms with E-state index in [9.17, 15) is 9.18 Å². The van der Waals surface area contributed by atoms with Gasteiger partial charge in [-0.3, -0.25) is 9.69 Å². The van der Waals surface area contributed by atoms with Gasteiger partial charge < -0.3 is 5.32 Å². The number of carbonyl (C=O) groups is 1. The summed E-state index contributed by atoms with van der Waals surface area (Å²) in [6.45, 7) is 8.40. The van der Waals surface area contributed by atoms with Crippen LogP contribution in [0.2, 0.25) is 0 Å². The van der Waals surface area contributed by atoms with E-state index in [4.69, 9.17) is 0 Å². The number of rotatable bonds is 11. The Hall–Kier alpha value is -1.86. The molecule has 1 aromatic carbocycles. The zero-order chi connectivity index (χ0) is 19.6. The number of aromatic nitrogens is 2. The molecule has 1 N–H and O–H groups in total. The van der Waals surface area contributed by atoms with Crippen molar-refractivity contribution in [2.45, 2.75) is 65.5 Å². The Labute approximate surface area is 165 Å². The van der Waals surface area contributed by atoms with E-state index >= 15 is 0 Å². The van der Waals surface area contributed by atoms with Crippen LogP contribution in [0.25, 0.3) is 0 Å². The van der Waals surface area contributed by atoms with Crippen molar-refractivity contribution in [2.24, 2.45) is 0 Å². The fourth-order valence-corrected chi connectivity index (χ4v) is 3.68. The van der Waals surface area contributed by atoms with Gasteiger partial charge in [-0.05, 0) is 50.6 Å². The minimum atomic E-state index is -0.337. The minimum Gasteiger partial charge on any atom is -0.320 e. The molecule has 0 spiro atoms. The molecule has 1 heterocycles. The van der Waals surface area contributed by atoms with Crippen LogP contribution >= 0.6 is 11.3 Å². The van der Waals surface area contributed by atoms with Gasteiger partial charge in [-0.25, -0.2) is 4.39 Å². The van der Waals surface area contributed by atoms with Crippen LogP contribution in [0.5, 0.6) is 0 Å². The maximum atomic E-state index is 13.0. The Kier molecular flexibility index (Phi) is 8.81. The van der Waals surface area contributed by atoms with Crippen molar-refractivity contribution >= 4 is 22.9 Å². The van der Waals surface area contributed by atoms with Crippen LogP contribution in [0.15, 0.2) is 24.3 Å². The first-order chi connectivity index (χ1) is 13.0. The molecule has 0 bridgehead atoms. The van der Waals surface area contributed by atoms with Crippen LogP contribution in [0.4, 0.5) is 10.1 Å². The van der Waals surface area contributed by atoms with Crippen molar-refractivity contribution in [3.8, 4) is 0 Å². The molecule has 27 heavy (non-hydrogen) atoms. The Morgan fingerprint density at radius 3 is 2.59 bits per heavy atom. The summed E-state index contributed by atoms with van der Waals surface area (Å²) in [6, 6.07) is 6.15. The van der Waals surface area contributed by atoms with Gasteiger partial charge in [0.05, 0.1) is 6.54 Å². The molecule has 1 atom stereocenters. The molecule has 0 saturated heterocycles. The van der Waals surface area contributed by atoms with Crippen LogP contribution in [0.3, 0.4) is 0 Å². The SMILES string of the molecule is CCCCCN(Cc1nnc(C(=O)Nc2ccc(F)cc2)s1)[C@H](C)CCC. The van der Waals surface area contributed by atoms with E-state index in [1.54, 1.807) is 0 Å². The van der Waals surface area contributed by atoms with Gasteiger partial charge in [-0.2, -0.15) is 0 Å². The highest BCUT2D eigenvalue weighted by molar-refractivity contribution is 7.13. The average molecular weight is 393 g/mol. The molecule has 1 amide bonds. The van der Waals surface area contributed by atoms with Crippen LogP contribution < -0.4 is 5.32 Å². The Morgan fingerprint density at radius 2 is 1.93 bits per heavy atom. The largest absolute Gasteiger partial charge is 0.320 e. The number of nitrogens with zero attached hydrogens (tertiary/aromatic N) is 3. The molecule has 2 rings (SSSR count). The van der Waals surface area contributed by atoms with Crippen molar-refractivity contribution in [2.75, 3.05) is 11.9 Å². The van der Waals surface area contributed by atoms with Crippen LogP contribution in [-0.4, -0.2) is 33.6 Å². The predicted octanol–water partition coefficient (Wildman–Crippen LogP) is 5.11. The second-order valence-corrected chi connectivity index (χ2v) is 7.84. The number of carbonyl (C=O) groups excluding carboxylic acids is 1. The number of hydrogen-bond donors (Lipinski definition) is 1. The molecule has 0 aliphatic heterocycles. The molecule has 148 valence electrons. The van der Waals surface area contributed by atoms with Gasteiger partial charge in [0.2, 0.25) is 5.01 Å². The second kappa shape index (κ2) is 11.1. The van der Waals surface area contributed by atoms with Gasteiger partial charge in [0, 0.05) is 11.7 Å². The van der Waals surface area contributed by atoms with Crippen LogP contribution in [0, 0.1) is 5.82 Å². The fourth-order valence-electron chi connectivity index (χ4n) is 2.92. The van der Waals surface area contributed by atoms with Crippen molar-refractivity contribution in [1.82, 2.24) is 15.1 Å². The summed E-state index contributed by atoms with van der Waals surface area (Å²) in [5.41, 5.74) is 0.538. The van der Waals surface area contributed by atoms with E-state index in [2.05, 4.69) is 41.2 Å². The third kappa shape index (κ3) is 6.99. The van der Waals surface area contributed by atoms with Gasteiger partial charge in [0.1, 0.15) is 10.8 Å². The lowest BCUT2D eigenvalue weighted by molar-refractivity contribution is 0.102. The quantitative estimate of drug-likeness (QED) is 0.540. The topological polar surface area (TPSA) is 58.1 Å². The molecule has 5 nitrogen and oxygen atoms in total. The lowest BCUT2D eigenvalue weighted by Crippen LogP contribution is -2.33. The molecule has 0 aliphatic carbocycles. The van der Waals surface area contributed by atoms with Crippen molar-refractivity contribution in [3.63, 3.8) is 0 Å². The van der Waals surface area contributed by atoms with E-state index < -0.39 is 0 Å². The van der Waals surface area contributed by atoms with Crippen LogP contribution in [-0.2, 0) is 6.54 Å². The van der Waals surface area contributed by atoms with E-state index in [1.807, 2.05) is 0 Å². The lowest BCUT2D eigenvalue weighted by atomic mass is 10.1. The highest BCUT2D eigenvalue weighted by atomic mass is 32.1. The molecule has 1 aromatic heterocycles. The van der Waals surface area contributed by atoms with E-state index in [1.165, 1.54) is 54.9 Å². The molecule has 0 saturated carbocycles. The van der Waals surface area contributed by atoms with Crippen molar-refractivity contribution < 1.29 is 9.18 Å². The maximum absolute atomic E-state index is 13.0. The van der Waals surface area contributed by atoms with Crippen molar-refractivity contribution in [3.05, 3.63) is 40.1 Å².